The molecule has 102 valence electrons. The van der Waals surface area contributed by atoms with Gasteiger partial charge in [-0.25, -0.2) is 4.98 Å². The number of hydrogen-bond donors (Lipinski definition) is 2. The van der Waals surface area contributed by atoms with Crippen LogP contribution >= 0.6 is 15.9 Å². The summed E-state index contributed by atoms with van der Waals surface area (Å²) < 4.78 is 2.99. The van der Waals surface area contributed by atoms with E-state index in [1.807, 2.05) is 16.8 Å². The van der Waals surface area contributed by atoms with Gasteiger partial charge in [0.25, 0.3) is 0 Å². The quantitative estimate of drug-likeness (QED) is 0.631. The van der Waals surface area contributed by atoms with Gasteiger partial charge in [-0.2, -0.15) is 5.10 Å². The van der Waals surface area contributed by atoms with Gasteiger partial charge in [-0.3, -0.25) is 16.0 Å². The first kappa shape index (κ1) is 14.2. The summed E-state index contributed by atoms with van der Waals surface area (Å²) in [5.41, 5.74) is 3.98. The van der Waals surface area contributed by atoms with Crippen molar-refractivity contribution in [2.45, 2.75) is 32.4 Å². The van der Waals surface area contributed by atoms with Crippen LogP contribution in [0, 0.1) is 0 Å². The molecule has 1 aromatic heterocycles. The van der Waals surface area contributed by atoms with E-state index >= 15 is 0 Å². The van der Waals surface area contributed by atoms with Crippen LogP contribution in [0.1, 0.15) is 30.8 Å². The highest BCUT2D eigenvalue weighted by atomic mass is 79.9. The van der Waals surface area contributed by atoms with E-state index in [-0.39, 0.29) is 6.04 Å². The monoisotopic (exact) mass is 323 g/mol. The Morgan fingerprint density at radius 1 is 1.37 bits per heavy atom. The maximum Gasteiger partial charge on any atom is 0.138 e. The zero-order valence-corrected chi connectivity index (χ0v) is 12.5. The highest BCUT2D eigenvalue weighted by Crippen LogP contribution is 2.19. The number of hydrazine groups is 1. The van der Waals surface area contributed by atoms with Crippen LogP contribution in [0.25, 0.3) is 0 Å². The number of aryl methyl sites for hydroxylation is 1. The van der Waals surface area contributed by atoms with Gasteiger partial charge in [0.15, 0.2) is 0 Å². The lowest BCUT2D eigenvalue weighted by atomic mass is 10.0. The molecule has 2 aromatic rings. The Morgan fingerprint density at radius 3 is 2.74 bits per heavy atom. The molecule has 3 N–H and O–H groups in total. The standard InChI is InChI=1S/C13H18BrN5/c1-2-7-19-13(16-9-17-19)8-12(18-15)10-3-5-11(14)6-4-10/h3-6,9,12,18H,2,7-8,15H2,1H3. The van der Waals surface area contributed by atoms with Crippen molar-refractivity contribution in [1.29, 1.82) is 0 Å². The largest absolute Gasteiger partial charge is 0.271 e. The Kier molecular flexibility index (Phi) is 5.07. The molecule has 19 heavy (non-hydrogen) atoms. The molecule has 0 radical (unpaired) electrons. The lowest BCUT2D eigenvalue weighted by molar-refractivity contribution is 0.499. The number of hydrogen-bond acceptors (Lipinski definition) is 4. The number of halogens is 1. The Hall–Kier alpha value is -1.24. The molecule has 0 saturated heterocycles. The van der Waals surface area contributed by atoms with Gasteiger partial charge in [0.2, 0.25) is 0 Å². The minimum absolute atomic E-state index is 0.0351. The highest BCUT2D eigenvalue weighted by molar-refractivity contribution is 9.10. The van der Waals surface area contributed by atoms with E-state index in [1.165, 1.54) is 0 Å². The van der Waals surface area contributed by atoms with Crippen molar-refractivity contribution in [3.05, 3.63) is 46.5 Å². The van der Waals surface area contributed by atoms with Gasteiger partial charge >= 0.3 is 0 Å². The molecular formula is C13H18BrN5. The minimum Gasteiger partial charge on any atom is -0.271 e. The first-order valence-electron chi connectivity index (χ1n) is 6.33. The van der Waals surface area contributed by atoms with E-state index in [9.17, 15) is 0 Å². The summed E-state index contributed by atoms with van der Waals surface area (Å²) in [5.74, 6) is 6.62. The summed E-state index contributed by atoms with van der Waals surface area (Å²) in [6.07, 6.45) is 3.35. The molecule has 6 heteroatoms. The summed E-state index contributed by atoms with van der Waals surface area (Å²) in [4.78, 5) is 4.31. The summed E-state index contributed by atoms with van der Waals surface area (Å²) in [6.45, 7) is 3.01. The van der Waals surface area contributed by atoms with E-state index in [0.29, 0.717) is 0 Å². The maximum absolute atomic E-state index is 5.66. The predicted octanol–water partition coefficient (Wildman–Crippen LogP) is 2.20. The summed E-state index contributed by atoms with van der Waals surface area (Å²) in [6, 6.07) is 8.16. The van der Waals surface area contributed by atoms with Crippen molar-refractivity contribution < 1.29 is 0 Å². The molecule has 5 nitrogen and oxygen atoms in total. The topological polar surface area (TPSA) is 68.8 Å². The van der Waals surface area contributed by atoms with Gasteiger partial charge in [-0.05, 0) is 24.1 Å². The molecule has 0 spiro atoms. The van der Waals surface area contributed by atoms with Gasteiger partial charge in [0.1, 0.15) is 12.2 Å². The lowest BCUT2D eigenvalue weighted by Gasteiger charge is -2.16. The van der Waals surface area contributed by atoms with Crippen LogP contribution in [0.3, 0.4) is 0 Å². The van der Waals surface area contributed by atoms with Crippen molar-refractivity contribution in [2.75, 3.05) is 0 Å². The first-order chi connectivity index (χ1) is 9.24. The third-order valence-corrected chi connectivity index (χ3v) is 3.52. The van der Waals surface area contributed by atoms with Crippen molar-refractivity contribution in [3.63, 3.8) is 0 Å². The Balaban J connectivity index is 2.14. The molecule has 0 aliphatic carbocycles. The molecule has 0 bridgehead atoms. The van der Waals surface area contributed by atoms with Crippen LogP contribution in [0.15, 0.2) is 35.1 Å². The van der Waals surface area contributed by atoms with E-state index in [4.69, 9.17) is 5.84 Å². The Bertz CT molecular complexity index is 508. The van der Waals surface area contributed by atoms with Gasteiger partial charge in [0.05, 0.1) is 6.04 Å². The number of rotatable bonds is 6. The van der Waals surface area contributed by atoms with Gasteiger partial charge in [-0.15, -0.1) is 0 Å². The molecule has 1 atom stereocenters. The average molecular weight is 324 g/mol. The SMILES string of the molecule is CCCn1ncnc1CC(NN)c1ccc(Br)cc1. The zero-order valence-electron chi connectivity index (χ0n) is 10.9. The molecule has 1 aromatic carbocycles. The first-order valence-corrected chi connectivity index (χ1v) is 7.12. The third kappa shape index (κ3) is 3.62. The summed E-state index contributed by atoms with van der Waals surface area (Å²) in [5, 5.41) is 4.23. The molecule has 0 saturated carbocycles. The van der Waals surface area contributed by atoms with Gasteiger partial charge < -0.3 is 0 Å². The van der Waals surface area contributed by atoms with E-state index in [0.717, 1.165) is 35.2 Å². The second kappa shape index (κ2) is 6.79. The van der Waals surface area contributed by atoms with Crippen LogP contribution < -0.4 is 11.3 Å². The Morgan fingerprint density at radius 2 is 2.11 bits per heavy atom. The normalized spacial score (nSPS) is 12.6. The number of aromatic nitrogens is 3. The number of benzene rings is 1. The number of nitrogens with two attached hydrogens (primary N) is 1. The molecule has 0 aliphatic rings. The fourth-order valence-electron chi connectivity index (χ4n) is 2.00. The molecule has 0 fully saturated rings. The van der Waals surface area contributed by atoms with Crippen LogP contribution in [-0.2, 0) is 13.0 Å². The highest BCUT2D eigenvalue weighted by Gasteiger charge is 2.14. The minimum atomic E-state index is 0.0351. The van der Waals surface area contributed by atoms with Crippen LogP contribution in [0.4, 0.5) is 0 Å². The molecule has 0 aliphatic heterocycles. The molecule has 2 rings (SSSR count). The van der Waals surface area contributed by atoms with Gasteiger partial charge in [-0.1, -0.05) is 35.0 Å². The summed E-state index contributed by atoms with van der Waals surface area (Å²) >= 11 is 3.43. The van der Waals surface area contributed by atoms with Crippen molar-refractivity contribution >= 4 is 15.9 Å². The van der Waals surface area contributed by atoms with Crippen LogP contribution in [-0.4, -0.2) is 14.8 Å². The second-order valence-electron chi connectivity index (χ2n) is 4.37. The second-order valence-corrected chi connectivity index (χ2v) is 5.29. The van der Waals surface area contributed by atoms with E-state index in [1.54, 1.807) is 6.33 Å². The smallest absolute Gasteiger partial charge is 0.138 e. The maximum atomic E-state index is 5.66. The average Bonchev–Trinajstić information content (AvgIpc) is 2.85. The Labute approximate surface area is 121 Å². The van der Waals surface area contributed by atoms with E-state index in [2.05, 4.69) is 50.5 Å². The molecular weight excluding hydrogens is 306 g/mol. The zero-order chi connectivity index (χ0) is 13.7. The molecule has 1 unspecified atom stereocenters. The molecule has 1 heterocycles. The number of nitrogens with one attached hydrogen (secondary N) is 1. The third-order valence-electron chi connectivity index (χ3n) is 2.99. The van der Waals surface area contributed by atoms with Crippen molar-refractivity contribution in [2.24, 2.45) is 5.84 Å². The van der Waals surface area contributed by atoms with Crippen LogP contribution in [0.5, 0.6) is 0 Å². The summed E-state index contributed by atoms with van der Waals surface area (Å²) in [7, 11) is 0. The van der Waals surface area contributed by atoms with Gasteiger partial charge in [0, 0.05) is 17.4 Å². The number of nitrogens with zero attached hydrogens (tertiary/aromatic N) is 3. The predicted molar refractivity (Wildman–Crippen MR) is 78.2 cm³/mol. The fourth-order valence-corrected chi connectivity index (χ4v) is 2.26. The van der Waals surface area contributed by atoms with Crippen molar-refractivity contribution in [3.8, 4) is 0 Å². The van der Waals surface area contributed by atoms with Crippen LogP contribution in [0.2, 0.25) is 0 Å². The molecule has 0 amide bonds. The van der Waals surface area contributed by atoms with Crippen molar-refractivity contribution in [1.82, 2.24) is 20.2 Å². The lowest BCUT2D eigenvalue weighted by Crippen LogP contribution is -2.30. The fraction of sp³-hybridized carbons (Fsp3) is 0.385. The van der Waals surface area contributed by atoms with E-state index < -0.39 is 0 Å².